The lowest BCUT2D eigenvalue weighted by atomic mass is 9.70. The second-order valence-electron chi connectivity index (χ2n) is 7.30. The predicted octanol–water partition coefficient (Wildman–Crippen LogP) is 4.15. The first-order valence-corrected chi connectivity index (χ1v) is 9.11. The van der Waals surface area contributed by atoms with E-state index in [-0.39, 0.29) is 6.29 Å². The lowest BCUT2D eigenvalue weighted by Gasteiger charge is -2.37. The zero-order valence-corrected chi connectivity index (χ0v) is 13.6. The van der Waals surface area contributed by atoms with Crippen LogP contribution in [0.2, 0.25) is 0 Å². The van der Waals surface area contributed by atoms with E-state index in [1.807, 2.05) is 7.11 Å². The summed E-state index contributed by atoms with van der Waals surface area (Å²) in [5, 5.41) is 0. The third-order valence-electron chi connectivity index (χ3n) is 6.11. The molecular weight excluding hydrogens is 264 g/mol. The molecule has 0 spiro atoms. The highest BCUT2D eigenvalue weighted by atomic mass is 16.7. The minimum Gasteiger partial charge on any atom is -0.381 e. The molecule has 0 bridgehead atoms. The van der Waals surface area contributed by atoms with E-state index in [0.717, 1.165) is 37.4 Å². The van der Waals surface area contributed by atoms with E-state index in [4.69, 9.17) is 14.2 Å². The quantitative estimate of drug-likeness (QED) is 0.762. The Morgan fingerprint density at radius 1 is 0.762 bits per heavy atom. The van der Waals surface area contributed by atoms with Crippen LogP contribution in [0.1, 0.15) is 64.2 Å². The van der Waals surface area contributed by atoms with Gasteiger partial charge in [-0.15, -0.1) is 0 Å². The van der Waals surface area contributed by atoms with Gasteiger partial charge in [0.25, 0.3) is 0 Å². The van der Waals surface area contributed by atoms with Gasteiger partial charge in [-0.1, -0.05) is 12.8 Å². The summed E-state index contributed by atoms with van der Waals surface area (Å²) in [6.45, 7) is 1.59. The van der Waals surface area contributed by atoms with Gasteiger partial charge in [0.2, 0.25) is 0 Å². The van der Waals surface area contributed by atoms with Crippen LogP contribution in [0, 0.1) is 17.8 Å². The first-order chi connectivity index (χ1) is 10.3. The summed E-state index contributed by atoms with van der Waals surface area (Å²) in [6.07, 6.45) is 14.2. The molecule has 0 aromatic carbocycles. The van der Waals surface area contributed by atoms with Crippen LogP contribution in [-0.2, 0) is 14.2 Å². The molecule has 0 aromatic rings. The van der Waals surface area contributed by atoms with Crippen molar-refractivity contribution in [1.29, 1.82) is 0 Å². The van der Waals surface area contributed by atoms with E-state index in [2.05, 4.69) is 0 Å². The number of methoxy groups -OCH3 is 1. The average Bonchev–Trinajstić information content (AvgIpc) is 3.07. The summed E-state index contributed by atoms with van der Waals surface area (Å²) in [7, 11) is 1.87. The smallest absolute Gasteiger partial charge is 0.157 e. The summed E-state index contributed by atoms with van der Waals surface area (Å²) in [6, 6.07) is 0. The summed E-state index contributed by atoms with van der Waals surface area (Å²) in [4.78, 5) is 0. The number of rotatable bonds is 5. The van der Waals surface area contributed by atoms with Crippen molar-refractivity contribution in [2.24, 2.45) is 17.8 Å². The Balaban J connectivity index is 1.33. The topological polar surface area (TPSA) is 27.7 Å². The molecule has 2 saturated carbocycles. The molecule has 0 unspecified atom stereocenters. The fourth-order valence-corrected chi connectivity index (χ4v) is 4.69. The first kappa shape index (κ1) is 15.8. The van der Waals surface area contributed by atoms with Crippen LogP contribution in [0.15, 0.2) is 0 Å². The van der Waals surface area contributed by atoms with E-state index in [1.54, 1.807) is 0 Å². The Labute approximate surface area is 129 Å². The van der Waals surface area contributed by atoms with E-state index in [1.165, 1.54) is 57.8 Å². The molecule has 1 heterocycles. The van der Waals surface area contributed by atoms with E-state index < -0.39 is 0 Å². The highest BCUT2D eigenvalue weighted by Gasteiger charge is 2.31. The maximum Gasteiger partial charge on any atom is 0.157 e. The molecule has 122 valence electrons. The maximum absolute atomic E-state index is 5.55. The minimum absolute atomic E-state index is 0.104. The standard InChI is InChI=1S/C18H32O3/c1-19-17-9-7-16(8-10-17)15-5-2-14(3-6-15)4-11-18-20-12-13-21-18/h14-18H,2-13H2,1H3/t14?,15?,16-,17-. The van der Waals surface area contributed by atoms with Crippen LogP contribution in [-0.4, -0.2) is 32.7 Å². The Morgan fingerprint density at radius 3 is 1.90 bits per heavy atom. The van der Waals surface area contributed by atoms with Gasteiger partial charge in [0.15, 0.2) is 6.29 Å². The van der Waals surface area contributed by atoms with Gasteiger partial charge in [-0.2, -0.15) is 0 Å². The van der Waals surface area contributed by atoms with Crippen molar-refractivity contribution in [1.82, 2.24) is 0 Å². The van der Waals surface area contributed by atoms with E-state index in [0.29, 0.717) is 6.10 Å². The molecule has 21 heavy (non-hydrogen) atoms. The fourth-order valence-electron chi connectivity index (χ4n) is 4.69. The molecular formula is C18H32O3. The first-order valence-electron chi connectivity index (χ1n) is 9.11. The second kappa shape index (κ2) is 7.94. The Hall–Kier alpha value is -0.120. The Bertz CT molecular complexity index is 285. The van der Waals surface area contributed by atoms with Crippen molar-refractivity contribution in [3.05, 3.63) is 0 Å². The third-order valence-corrected chi connectivity index (χ3v) is 6.11. The number of ether oxygens (including phenoxy) is 3. The largest absolute Gasteiger partial charge is 0.381 e. The molecule has 0 amide bonds. The molecule has 1 aliphatic heterocycles. The zero-order valence-electron chi connectivity index (χ0n) is 13.6. The van der Waals surface area contributed by atoms with Gasteiger partial charge in [-0.05, 0) is 69.1 Å². The molecule has 0 atom stereocenters. The van der Waals surface area contributed by atoms with E-state index >= 15 is 0 Å². The zero-order chi connectivity index (χ0) is 14.5. The van der Waals surface area contributed by atoms with Crippen molar-refractivity contribution in [2.75, 3.05) is 20.3 Å². The maximum atomic E-state index is 5.55. The molecule has 3 fully saturated rings. The average molecular weight is 296 g/mol. The van der Waals surface area contributed by atoms with Gasteiger partial charge in [-0.3, -0.25) is 0 Å². The molecule has 0 radical (unpaired) electrons. The predicted molar refractivity (Wildman–Crippen MR) is 83.1 cm³/mol. The van der Waals surface area contributed by atoms with Crippen LogP contribution in [0.25, 0.3) is 0 Å². The minimum atomic E-state index is 0.104. The third kappa shape index (κ3) is 4.43. The number of hydrogen-bond acceptors (Lipinski definition) is 3. The van der Waals surface area contributed by atoms with Crippen molar-refractivity contribution in [3.63, 3.8) is 0 Å². The van der Waals surface area contributed by atoms with Gasteiger partial charge in [-0.25, -0.2) is 0 Å². The van der Waals surface area contributed by atoms with Gasteiger partial charge >= 0.3 is 0 Å². The fraction of sp³-hybridized carbons (Fsp3) is 1.00. The number of hydrogen-bond donors (Lipinski definition) is 0. The molecule has 3 heteroatoms. The Morgan fingerprint density at radius 2 is 1.33 bits per heavy atom. The molecule has 3 nitrogen and oxygen atoms in total. The second-order valence-corrected chi connectivity index (χ2v) is 7.30. The molecule has 0 aromatic heterocycles. The van der Waals surface area contributed by atoms with Crippen molar-refractivity contribution >= 4 is 0 Å². The van der Waals surface area contributed by atoms with Gasteiger partial charge in [0, 0.05) is 7.11 Å². The van der Waals surface area contributed by atoms with Crippen LogP contribution < -0.4 is 0 Å². The van der Waals surface area contributed by atoms with Crippen molar-refractivity contribution in [3.8, 4) is 0 Å². The summed E-state index contributed by atoms with van der Waals surface area (Å²) in [5.41, 5.74) is 0. The molecule has 1 saturated heterocycles. The van der Waals surface area contributed by atoms with Crippen LogP contribution in [0.3, 0.4) is 0 Å². The lowest BCUT2D eigenvalue weighted by molar-refractivity contribution is -0.0515. The van der Waals surface area contributed by atoms with Crippen molar-refractivity contribution in [2.45, 2.75) is 76.6 Å². The van der Waals surface area contributed by atoms with Crippen LogP contribution in [0.4, 0.5) is 0 Å². The highest BCUT2D eigenvalue weighted by Crippen LogP contribution is 2.41. The summed E-state index contributed by atoms with van der Waals surface area (Å²) >= 11 is 0. The van der Waals surface area contributed by atoms with Gasteiger partial charge in [0.05, 0.1) is 19.3 Å². The molecule has 0 N–H and O–H groups in total. The van der Waals surface area contributed by atoms with E-state index in [9.17, 15) is 0 Å². The molecule has 3 aliphatic rings. The van der Waals surface area contributed by atoms with Crippen molar-refractivity contribution < 1.29 is 14.2 Å². The highest BCUT2D eigenvalue weighted by molar-refractivity contribution is 4.82. The lowest BCUT2D eigenvalue weighted by Crippen LogP contribution is -2.28. The normalized spacial score (nSPS) is 38.7. The summed E-state index contributed by atoms with van der Waals surface area (Å²) < 4.78 is 16.6. The van der Waals surface area contributed by atoms with Gasteiger partial charge in [0.1, 0.15) is 0 Å². The Kier molecular flexibility index (Phi) is 5.96. The van der Waals surface area contributed by atoms with Gasteiger partial charge < -0.3 is 14.2 Å². The SMILES string of the molecule is CO[C@H]1CC[C@H](C2CCC(CCC3OCCO3)CC2)CC1. The van der Waals surface area contributed by atoms with Crippen LogP contribution >= 0.6 is 0 Å². The summed E-state index contributed by atoms with van der Waals surface area (Å²) in [5.74, 6) is 2.90. The monoisotopic (exact) mass is 296 g/mol. The molecule has 3 rings (SSSR count). The van der Waals surface area contributed by atoms with Crippen LogP contribution in [0.5, 0.6) is 0 Å². The molecule has 2 aliphatic carbocycles.